The highest BCUT2D eigenvalue weighted by Gasteiger charge is 2.55. The molecule has 3 atom stereocenters. The van der Waals surface area contributed by atoms with Gasteiger partial charge >= 0.3 is 6.18 Å². The SMILES string of the molecule is Cc1ccccc1[C@@H]1C[C@H]1C(=O)NCC(O)(c1ccccc1)C(F)(F)F. The van der Waals surface area contributed by atoms with Crippen LogP contribution in [0.4, 0.5) is 13.2 Å². The zero-order valence-electron chi connectivity index (χ0n) is 14.3. The summed E-state index contributed by atoms with van der Waals surface area (Å²) in [6.07, 6.45) is -4.30. The van der Waals surface area contributed by atoms with E-state index in [-0.39, 0.29) is 17.4 Å². The third-order valence-electron chi connectivity index (χ3n) is 4.95. The summed E-state index contributed by atoms with van der Waals surface area (Å²) in [5, 5.41) is 12.6. The van der Waals surface area contributed by atoms with E-state index < -0.39 is 24.2 Å². The number of carbonyl (C=O) groups excluding carboxylic acids is 1. The molecule has 1 unspecified atom stereocenters. The highest BCUT2D eigenvalue weighted by atomic mass is 19.4. The summed E-state index contributed by atoms with van der Waals surface area (Å²) in [6.45, 7) is 1.04. The van der Waals surface area contributed by atoms with Crippen LogP contribution in [0.5, 0.6) is 0 Å². The van der Waals surface area contributed by atoms with E-state index >= 15 is 0 Å². The van der Waals surface area contributed by atoms with Crippen LogP contribution >= 0.6 is 0 Å². The number of hydrogen-bond donors (Lipinski definition) is 2. The molecule has 1 saturated carbocycles. The van der Waals surface area contributed by atoms with Crippen LogP contribution in [0.1, 0.15) is 29.0 Å². The van der Waals surface area contributed by atoms with Crippen molar-refractivity contribution < 1.29 is 23.1 Å². The van der Waals surface area contributed by atoms with Gasteiger partial charge in [0.15, 0.2) is 0 Å². The Morgan fingerprint density at radius 2 is 1.73 bits per heavy atom. The van der Waals surface area contributed by atoms with E-state index in [9.17, 15) is 23.1 Å². The second-order valence-corrected chi connectivity index (χ2v) is 6.75. The van der Waals surface area contributed by atoms with Gasteiger partial charge in [-0.2, -0.15) is 13.2 Å². The van der Waals surface area contributed by atoms with Gasteiger partial charge in [-0.05, 0) is 36.0 Å². The molecule has 3 rings (SSSR count). The lowest BCUT2D eigenvalue weighted by molar-refractivity contribution is -0.264. The maximum absolute atomic E-state index is 13.5. The first-order chi connectivity index (χ1) is 12.2. The minimum atomic E-state index is -4.90. The van der Waals surface area contributed by atoms with Crippen LogP contribution in [0.3, 0.4) is 0 Å². The van der Waals surface area contributed by atoms with Gasteiger partial charge in [-0.3, -0.25) is 4.79 Å². The number of alkyl halides is 3. The topological polar surface area (TPSA) is 49.3 Å². The van der Waals surface area contributed by atoms with Crippen LogP contribution in [-0.2, 0) is 10.4 Å². The van der Waals surface area contributed by atoms with Gasteiger partial charge < -0.3 is 10.4 Å². The molecule has 1 aliphatic rings. The number of benzene rings is 2. The van der Waals surface area contributed by atoms with Gasteiger partial charge in [0.2, 0.25) is 11.5 Å². The highest BCUT2D eigenvalue weighted by Crippen LogP contribution is 2.48. The molecule has 0 aliphatic heterocycles. The Balaban J connectivity index is 1.69. The molecular formula is C20H20F3NO2. The van der Waals surface area contributed by atoms with E-state index in [1.807, 2.05) is 31.2 Å². The molecule has 0 heterocycles. The molecular weight excluding hydrogens is 343 g/mol. The molecule has 0 saturated heterocycles. The van der Waals surface area contributed by atoms with Gasteiger partial charge in [-0.1, -0.05) is 54.6 Å². The Kier molecular flexibility index (Phi) is 4.80. The van der Waals surface area contributed by atoms with E-state index in [4.69, 9.17) is 0 Å². The smallest absolute Gasteiger partial charge is 0.375 e. The fourth-order valence-electron chi connectivity index (χ4n) is 3.26. The number of aliphatic hydroxyl groups is 1. The monoisotopic (exact) mass is 363 g/mol. The van der Waals surface area contributed by atoms with Crippen molar-refractivity contribution in [3.63, 3.8) is 0 Å². The third kappa shape index (κ3) is 3.46. The van der Waals surface area contributed by atoms with Crippen molar-refractivity contribution in [2.45, 2.75) is 31.0 Å². The zero-order valence-corrected chi connectivity index (χ0v) is 14.3. The fourth-order valence-corrected chi connectivity index (χ4v) is 3.26. The molecule has 0 aromatic heterocycles. The fraction of sp³-hybridized carbons (Fsp3) is 0.350. The largest absolute Gasteiger partial charge is 0.423 e. The van der Waals surface area contributed by atoms with Crippen molar-refractivity contribution in [3.8, 4) is 0 Å². The van der Waals surface area contributed by atoms with Crippen molar-refractivity contribution >= 4 is 5.91 Å². The number of carbonyl (C=O) groups is 1. The van der Waals surface area contributed by atoms with Crippen molar-refractivity contribution in [2.24, 2.45) is 5.92 Å². The lowest BCUT2D eigenvalue weighted by Crippen LogP contribution is -2.51. The van der Waals surface area contributed by atoms with E-state index in [2.05, 4.69) is 5.32 Å². The molecule has 6 heteroatoms. The Bertz CT molecular complexity index is 791. The van der Waals surface area contributed by atoms with Crippen LogP contribution in [0.2, 0.25) is 0 Å². The summed E-state index contributed by atoms with van der Waals surface area (Å²) in [6, 6.07) is 14.5. The van der Waals surface area contributed by atoms with Crippen LogP contribution in [-0.4, -0.2) is 23.7 Å². The van der Waals surface area contributed by atoms with E-state index in [0.29, 0.717) is 6.42 Å². The molecule has 2 aromatic rings. The average Bonchev–Trinajstić information content (AvgIpc) is 3.40. The summed E-state index contributed by atoms with van der Waals surface area (Å²) in [5.41, 5.74) is -1.30. The minimum Gasteiger partial charge on any atom is -0.375 e. The Hall–Kier alpha value is -2.34. The molecule has 1 aliphatic carbocycles. The first-order valence-corrected chi connectivity index (χ1v) is 8.42. The first kappa shape index (κ1) is 18.5. The summed E-state index contributed by atoms with van der Waals surface area (Å²) in [7, 11) is 0. The van der Waals surface area contributed by atoms with Gasteiger partial charge in [0.05, 0.1) is 6.54 Å². The standard InChI is InChI=1S/C20H20F3NO2/c1-13-7-5-6-10-15(13)16-11-17(16)18(25)24-12-19(26,20(21,22)23)14-8-3-2-4-9-14/h2-10,16-17,26H,11-12H2,1H3,(H,24,25)/t16-,17+,19?/m0/s1. The van der Waals surface area contributed by atoms with Crippen molar-refractivity contribution in [1.29, 1.82) is 0 Å². The predicted octanol–water partition coefficient (Wildman–Crippen LogP) is 3.66. The second kappa shape index (κ2) is 6.76. The number of nitrogens with one attached hydrogen (secondary N) is 1. The molecule has 2 N–H and O–H groups in total. The number of aryl methyl sites for hydroxylation is 1. The van der Waals surface area contributed by atoms with Crippen LogP contribution in [0.25, 0.3) is 0 Å². The minimum absolute atomic E-state index is 0.0203. The number of amides is 1. The van der Waals surface area contributed by atoms with Crippen molar-refractivity contribution in [3.05, 3.63) is 71.3 Å². The van der Waals surface area contributed by atoms with Crippen molar-refractivity contribution in [1.82, 2.24) is 5.32 Å². The Morgan fingerprint density at radius 1 is 1.12 bits per heavy atom. The average molecular weight is 363 g/mol. The summed E-state index contributed by atoms with van der Waals surface area (Å²) >= 11 is 0. The lowest BCUT2D eigenvalue weighted by Gasteiger charge is -2.31. The molecule has 0 spiro atoms. The highest BCUT2D eigenvalue weighted by molar-refractivity contribution is 5.83. The lowest BCUT2D eigenvalue weighted by atomic mass is 9.93. The van der Waals surface area contributed by atoms with E-state index in [0.717, 1.165) is 11.1 Å². The van der Waals surface area contributed by atoms with Gasteiger partial charge in [-0.25, -0.2) is 0 Å². The summed E-state index contributed by atoms with van der Waals surface area (Å²) in [4.78, 5) is 12.3. The molecule has 26 heavy (non-hydrogen) atoms. The van der Waals surface area contributed by atoms with Gasteiger partial charge in [0.25, 0.3) is 0 Å². The number of halogens is 3. The number of rotatable bonds is 5. The normalized spacial score (nSPS) is 21.7. The maximum atomic E-state index is 13.5. The zero-order chi connectivity index (χ0) is 18.9. The van der Waals surface area contributed by atoms with E-state index in [1.165, 1.54) is 24.3 Å². The molecule has 1 amide bonds. The summed E-state index contributed by atoms with van der Waals surface area (Å²) in [5.74, 6) is -0.798. The van der Waals surface area contributed by atoms with Gasteiger partial charge in [0.1, 0.15) is 0 Å². The quantitative estimate of drug-likeness (QED) is 0.852. The Morgan fingerprint density at radius 3 is 2.35 bits per heavy atom. The summed E-state index contributed by atoms with van der Waals surface area (Å²) < 4.78 is 40.4. The van der Waals surface area contributed by atoms with Gasteiger partial charge in [0, 0.05) is 5.92 Å². The predicted molar refractivity (Wildman–Crippen MR) is 91.4 cm³/mol. The molecule has 2 aromatic carbocycles. The first-order valence-electron chi connectivity index (χ1n) is 8.42. The van der Waals surface area contributed by atoms with E-state index in [1.54, 1.807) is 6.07 Å². The molecule has 138 valence electrons. The van der Waals surface area contributed by atoms with Crippen LogP contribution in [0, 0.1) is 12.8 Å². The van der Waals surface area contributed by atoms with Crippen LogP contribution < -0.4 is 5.32 Å². The Labute approximate surface area is 149 Å². The molecule has 3 nitrogen and oxygen atoms in total. The molecule has 0 radical (unpaired) electrons. The van der Waals surface area contributed by atoms with Crippen LogP contribution in [0.15, 0.2) is 54.6 Å². The molecule has 0 bridgehead atoms. The molecule has 1 fully saturated rings. The second-order valence-electron chi connectivity index (χ2n) is 6.75. The maximum Gasteiger partial charge on any atom is 0.423 e. The van der Waals surface area contributed by atoms with Gasteiger partial charge in [-0.15, -0.1) is 0 Å². The number of hydrogen-bond acceptors (Lipinski definition) is 2. The third-order valence-corrected chi connectivity index (χ3v) is 4.95. The van der Waals surface area contributed by atoms with Crippen molar-refractivity contribution in [2.75, 3.05) is 6.54 Å².